The summed E-state index contributed by atoms with van der Waals surface area (Å²) in [5, 5.41) is 3.51. The number of esters is 1. The molecule has 1 aliphatic heterocycles. The number of rotatable bonds is 1. The second-order valence-corrected chi connectivity index (χ2v) is 2.19. The van der Waals surface area contributed by atoms with Crippen LogP contribution < -0.4 is 5.43 Å². The minimum Gasteiger partial charge on any atom is -0.464 e. The Morgan fingerprint density at radius 1 is 1.73 bits per heavy atom. The lowest BCUT2D eigenvalue weighted by atomic mass is 10.1. The number of hydrogen-bond acceptors (Lipinski definition) is 4. The zero-order valence-corrected chi connectivity index (χ0v) is 6.25. The van der Waals surface area contributed by atoms with Gasteiger partial charge in [-0.25, -0.2) is 10.2 Å². The fraction of sp³-hybridized carbons (Fsp3) is 0.500. The summed E-state index contributed by atoms with van der Waals surface area (Å²) in [7, 11) is 1.25. The number of carbonyl (C=O) groups excluding carboxylic acids is 2. The Morgan fingerprint density at radius 3 is 2.73 bits per heavy atom. The van der Waals surface area contributed by atoms with Gasteiger partial charge in [-0.15, -0.1) is 0 Å². The first-order chi connectivity index (χ1) is 5.16. The van der Waals surface area contributed by atoms with Crippen LogP contribution in [0.4, 0.5) is 0 Å². The molecule has 0 aromatic rings. The Labute approximate surface area is 63.4 Å². The maximum Gasteiger partial charge on any atom is 0.355 e. The Bertz CT molecular complexity index is 234. The van der Waals surface area contributed by atoms with E-state index in [4.69, 9.17) is 0 Å². The molecule has 0 aromatic heterocycles. The van der Waals surface area contributed by atoms with E-state index >= 15 is 0 Å². The van der Waals surface area contributed by atoms with E-state index in [9.17, 15) is 9.59 Å². The van der Waals surface area contributed by atoms with Crippen molar-refractivity contribution >= 4 is 17.6 Å². The van der Waals surface area contributed by atoms with Crippen LogP contribution in [0, 0.1) is 5.92 Å². The van der Waals surface area contributed by atoms with Crippen LogP contribution in [-0.4, -0.2) is 24.7 Å². The van der Waals surface area contributed by atoms with E-state index in [1.807, 2.05) is 0 Å². The third kappa shape index (κ3) is 1.21. The molecule has 0 aliphatic carbocycles. The van der Waals surface area contributed by atoms with Crippen LogP contribution in [0.2, 0.25) is 0 Å². The summed E-state index contributed by atoms with van der Waals surface area (Å²) in [4.78, 5) is 21.6. The molecule has 0 aromatic carbocycles. The van der Waals surface area contributed by atoms with E-state index in [1.165, 1.54) is 7.11 Å². The third-order valence-electron chi connectivity index (χ3n) is 1.48. The van der Waals surface area contributed by atoms with Crippen molar-refractivity contribution in [2.75, 3.05) is 7.11 Å². The number of hydrazone groups is 1. The number of methoxy groups -OCH3 is 1. The fourth-order valence-electron chi connectivity index (χ4n) is 0.760. The van der Waals surface area contributed by atoms with Crippen LogP contribution in [-0.2, 0) is 14.3 Å². The summed E-state index contributed by atoms with van der Waals surface area (Å²) < 4.78 is 4.39. The number of carbonyl (C=O) groups is 2. The highest BCUT2D eigenvalue weighted by atomic mass is 16.5. The molecule has 5 heteroatoms. The SMILES string of the molecule is COC(=O)C1=NNC(=O)C1C. The predicted molar refractivity (Wildman–Crippen MR) is 36.8 cm³/mol. The Balaban J connectivity index is 2.75. The highest BCUT2D eigenvalue weighted by molar-refractivity contribution is 6.42. The molecular weight excluding hydrogens is 148 g/mol. The van der Waals surface area contributed by atoms with Gasteiger partial charge in [-0.1, -0.05) is 0 Å². The molecule has 1 unspecified atom stereocenters. The van der Waals surface area contributed by atoms with Crippen molar-refractivity contribution in [1.29, 1.82) is 0 Å². The first-order valence-corrected chi connectivity index (χ1v) is 3.12. The van der Waals surface area contributed by atoms with Gasteiger partial charge in [-0.05, 0) is 6.92 Å². The first kappa shape index (κ1) is 7.71. The lowest BCUT2D eigenvalue weighted by Gasteiger charge is -1.99. The molecule has 1 amide bonds. The molecule has 60 valence electrons. The smallest absolute Gasteiger partial charge is 0.355 e. The molecule has 1 atom stereocenters. The van der Waals surface area contributed by atoms with E-state index < -0.39 is 11.9 Å². The molecule has 0 saturated heterocycles. The molecule has 1 heterocycles. The Hall–Kier alpha value is -1.39. The lowest BCUT2D eigenvalue weighted by Crippen LogP contribution is -2.25. The van der Waals surface area contributed by atoms with E-state index in [2.05, 4.69) is 15.3 Å². The van der Waals surface area contributed by atoms with Crippen LogP contribution >= 0.6 is 0 Å². The quantitative estimate of drug-likeness (QED) is 0.509. The number of nitrogens with zero attached hydrogens (tertiary/aromatic N) is 1. The van der Waals surface area contributed by atoms with Crippen molar-refractivity contribution in [3.05, 3.63) is 0 Å². The number of nitrogens with one attached hydrogen (secondary N) is 1. The van der Waals surface area contributed by atoms with Gasteiger partial charge in [0.25, 0.3) is 0 Å². The van der Waals surface area contributed by atoms with Gasteiger partial charge in [-0.3, -0.25) is 4.79 Å². The lowest BCUT2D eigenvalue weighted by molar-refractivity contribution is -0.133. The largest absolute Gasteiger partial charge is 0.464 e. The minimum atomic E-state index is -0.559. The van der Waals surface area contributed by atoms with Crippen molar-refractivity contribution in [3.8, 4) is 0 Å². The molecule has 0 saturated carbocycles. The zero-order chi connectivity index (χ0) is 8.43. The molecule has 0 fully saturated rings. The van der Waals surface area contributed by atoms with Gasteiger partial charge in [0.15, 0.2) is 5.71 Å². The van der Waals surface area contributed by atoms with E-state index in [0.717, 1.165) is 0 Å². The van der Waals surface area contributed by atoms with Gasteiger partial charge in [0.05, 0.1) is 13.0 Å². The molecule has 11 heavy (non-hydrogen) atoms. The predicted octanol–water partition coefficient (Wildman–Crippen LogP) is -0.719. The first-order valence-electron chi connectivity index (χ1n) is 3.12. The molecule has 1 N–H and O–H groups in total. The molecule has 0 bridgehead atoms. The summed E-state index contributed by atoms with van der Waals surface area (Å²) in [6.45, 7) is 1.60. The van der Waals surface area contributed by atoms with E-state index in [0.29, 0.717) is 0 Å². The van der Waals surface area contributed by atoms with Crippen molar-refractivity contribution in [1.82, 2.24) is 5.43 Å². The summed E-state index contributed by atoms with van der Waals surface area (Å²) in [5.41, 5.74) is 2.32. The fourth-order valence-corrected chi connectivity index (χ4v) is 0.760. The summed E-state index contributed by atoms with van der Waals surface area (Å²) >= 11 is 0. The summed E-state index contributed by atoms with van der Waals surface area (Å²) in [6, 6.07) is 0. The monoisotopic (exact) mass is 156 g/mol. The summed E-state index contributed by atoms with van der Waals surface area (Å²) in [5.74, 6) is -1.33. The highest BCUT2D eigenvalue weighted by Crippen LogP contribution is 2.06. The van der Waals surface area contributed by atoms with Gasteiger partial charge in [-0.2, -0.15) is 5.10 Å². The average molecular weight is 156 g/mol. The van der Waals surface area contributed by atoms with Crippen molar-refractivity contribution in [2.24, 2.45) is 11.0 Å². The van der Waals surface area contributed by atoms with Crippen LogP contribution in [0.5, 0.6) is 0 Å². The topological polar surface area (TPSA) is 67.8 Å². The maximum atomic E-state index is 10.8. The number of amides is 1. The molecule has 1 aliphatic rings. The van der Waals surface area contributed by atoms with Gasteiger partial charge in [0.2, 0.25) is 5.91 Å². The normalized spacial score (nSPS) is 22.5. The molecule has 0 radical (unpaired) electrons. The molecule has 5 nitrogen and oxygen atoms in total. The number of hydrogen-bond donors (Lipinski definition) is 1. The second kappa shape index (κ2) is 2.69. The zero-order valence-electron chi connectivity index (χ0n) is 6.25. The van der Waals surface area contributed by atoms with Crippen molar-refractivity contribution < 1.29 is 14.3 Å². The van der Waals surface area contributed by atoms with E-state index in [-0.39, 0.29) is 11.6 Å². The minimum absolute atomic E-state index is 0.137. The molecular formula is C6H8N2O3. The average Bonchev–Trinajstić information content (AvgIpc) is 2.32. The van der Waals surface area contributed by atoms with Crippen molar-refractivity contribution in [3.63, 3.8) is 0 Å². The van der Waals surface area contributed by atoms with Crippen LogP contribution in [0.25, 0.3) is 0 Å². The van der Waals surface area contributed by atoms with Gasteiger partial charge in [0.1, 0.15) is 0 Å². The van der Waals surface area contributed by atoms with Crippen LogP contribution in [0.3, 0.4) is 0 Å². The molecule has 0 spiro atoms. The van der Waals surface area contributed by atoms with Crippen LogP contribution in [0.15, 0.2) is 5.10 Å². The Morgan fingerprint density at radius 2 is 2.36 bits per heavy atom. The van der Waals surface area contributed by atoms with Gasteiger partial charge in [0, 0.05) is 0 Å². The van der Waals surface area contributed by atoms with Crippen molar-refractivity contribution in [2.45, 2.75) is 6.92 Å². The van der Waals surface area contributed by atoms with Gasteiger partial charge >= 0.3 is 5.97 Å². The Kier molecular flexibility index (Phi) is 1.89. The standard InChI is InChI=1S/C6H8N2O3/c1-3-4(6(10)11-2)7-8-5(3)9/h3H,1-2H3,(H,8,9). The molecule has 1 rings (SSSR count). The van der Waals surface area contributed by atoms with Gasteiger partial charge < -0.3 is 4.74 Å². The second-order valence-electron chi connectivity index (χ2n) is 2.19. The number of ether oxygens (including phenoxy) is 1. The van der Waals surface area contributed by atoms with Crippen LogP contribution in [0.1, 0.15) is 6.92 Å². The highest BCUT2D eigenvalue weighted by Gasteiger charge is 2.30. The third-order valence-corrected chi connectivity index (χ3v) is 1.48. The summed E-state index contributed by atoms with van der Waals surface area (Å²) in [6.07, 6.45) is 0. The maximum absolute atomic E-state index is 10.8. The van der Waals surface area contributed by atoms with E-state index in [1.54, 1.807) is 6.92 Å².